The fourth-order valence-corrected chi connectivity index (χ4v) is 4.34. The van der Waals surface area contributed by atoms with Crippen LogP contribution in [0.3, 0.4) is 0 Å². The number of aromatic hydroxyl groups is 1. The second-order valence-corrected chi connectivity index (χ2v) is 8.65. The number of hydrogen-bond acceptors (Lipinski definition) is 6. The van der Waals surface area contributed by atoms with Gasteiger partial charge in [0.2, 0.25) is 0 Å². The molecule has 4 aromatic rings. The lowest BCUT2D eigenvalue weighted by molar-refractivity contribution is -0.118. The minimum absolute atomic E-state index is 0.0547. The van der Waals surface area contributed by atoms with Crippen LogP contribution in [0.25, 0.3) is 11.0 Å². The quantitative estimate of drug-likeness (QED) is 0.192. The smallest absolute Gasteiger partial charge is 0.250 e. The molecule has 1 amide bonds. The Labute approximate surface area is 206 Å². The lowest BCUT2D eigenvalue weighted by atomic mass is 10.2. The van der Waals surface area contributed by atoms with Crippen LogP contribution in [0.5, 0.6) is 11.5 Å². The number of thioether (sulfide) groups is 1. The van der Waals surface area contributed by atoms with Crippen molar-refractivity contribution in [2.45, 2.75) is 18.6 Å². The van der Waals surface area contributed by atoms with Crippen molar-refractivity contribution >= 4 is 46.5 Å². The minimum atomic E-state index is -0.263. The van der Waals surface area contributed by atoms with Crippen molar-refractivity contribution in [3.63, 3.8) is 0 Å². The largest absolute Gasteiger partial charge is 0.504 e. The molecule has 0 saturated heterocycles. The predicted molar refractivity (Wildman–Crippen MR) is 136 cm³/mol. The molecule has 3 aromatic carbocycles. The first-order valence-corrected chi connectivity index (χ1v) is 12.0. The zero-order chi connectivity index (χ0) is 23.9. The number of phenols is 1. The van der Waals surface area contributed by atoms with E-state index in [2.05, 4.69) is 15.1 Å². The standard InChI is InChI=1S/C25H23ClN4O3S/c1-2-33-23-13-17(11-12-22(23)31)14-27-29-24(32)16-34-25-28-20-9-5-6-10-21(20)30(25)15-18-7-3-4-8-19(18)26/h3-14,31H,2,15-16H2,1H3,(H,29,32). The molecule has 0 bridgehead atoms. The summed E-state index contributed by atoms with van der Waals surface area (Å²) >= 11 is 7.71. The van der Waals surface area contributed by atoms with Crippen LogP contribution in [-0.4, -0.2) is 39.1 Å². The van der Waals surface area contributed by atoms with E-state index in [0.717, 1.165) is 21.8 Å². The zero-order valence-corrected chi connectivity index (χ0v) is 20.0. The van der Waals surface area contributed by atoms with Gasteiger partial charge in [-0.15, -0.1) is 0 Å². The Balaban J connectivity index is 1.43. The van der Waals surface area contributed by atoms with Crippen LogP contribution in [0.4, 0.5) is 0 Å². The number of carbonyl (C=O) groups is 1. The van der Waals surface area contributed by atoms with Crippen molar-refractivity contribution in [1.29, 1.82) is 0 Å². The monoisotopic (exact) mass is 494 g/mol. The highest BCUT2D eigenvalue weighted by Gasteiger charge is 2.14. The lowest BCUT2D eigenvalue weighted by Crippen LogP contribution is -2.20. The summed E-state index contributed by atoms with van der Waals surface area (Å²) in [6.07, 6.45) is 1.50. The number of para-hydroxylation sites is 2. The fourth-order valence-electron chi connectivity index (χ4n) is 3.34. The molecule has 34 heavy (non-hydrogen) atoms. The lowest BCUT2D eigenvalue weighted by Gasteiger charge is -2.10. The van der Waals surface area contributed by atoms with Crippen LogP contribution in [0, 0.1) is 0 Å². The topological polar surface area (TPSA) is 88.7 Å². The molecule has 0 unspecified atom stereocenters. The van der Waals surface area contributed by atoms with E-state index in [9.17, 15) is 9.90 Å². The number of fused-ring (bicyclic) bond motifs is 1. The Kier molecular flexibility index (Phi) is 7.72. The van der Waals surface area contributed by atoms with Crippen LogP contribution in [0.2, 0.25) is 5.02 Å². The number of hydrogen-bond donors (Lipinski definition) is 2. The second kappa shape index (κ2) is 11.1. The van der Waals surface area contributed by atoms with Gasteiger partial charge in [0, 0.05) is 5.02 Å². The van der Waals surface area contributed by atoms with E-state index in [1.807, 2.05) is 55.5 Å². The number of halogens is 1. The van der Waals surface area contributed by atoms with Crippen molar-refractivity contribution in [3.8, 4) is 11.5 Å². The molecular formula is C25H23ClN4O3S. The molecule has 0 saturated carbocycles. The van der Waals surface area contributed by atoms with Crippen LogP contribution in [0.1, 0.15) is 18.1 Å². The summed E-state index contributed by atoms with van der Waals surface area (Å²) in [6, 6.07) is 20.4. The van der Waals surface area contributed by atoms with Gasteiger partial charge in [-0.3, -0.25) is 4.79 Å². The van der Waals surface area contributed by atoms with Gasteiger partial charge in [-0.2, -0.15) is 5.10 Å². The molecule has 0 aliphatic heterocycles. The molecule has 0 aliphatic carbocycles. The molecule has 0 atom stereocenters. The number of hydrazone groups is 1. The molecule has 7 nitrogen and oxygen atoms in total. The number of nitrogens with one attached hydrogen (secondary N) is 1. The van der Waals surface area contributed by atoms with Gasteiger partial charge in [0.25, 0.3) is 5.91 Å². The van der Waals surface area contributed by atoms with Crippen LogP contribution < -0.4 is 10.2 Å². The van der Waals surface area contributed by atoms with Gasteiger partial charge in [0.15, 0.2) is 16.7 Å². The molecular weight excluding hydrogens is 472 g/mol. The van der Waals surface area contributed by atoms with E-state index in [-0.39, 0.29) is 17.4 Å². The predicted octanol–water partition coefficient (Wildman–Crippen LogP) is 5.08. The number of ether oxygens (including phenoxy) is 1. The van der Waals surface area contributed by atoms with Crippen molar-refractivity contribution in [1.82, 2.24) is 15.0 Å². The first-order chi connectivity index (χ1) is 16.5. The summed E-state index contributed by atoms with van der Waals surface area (Å²) in [4.78, 5) is 17.1. The average molecular weight is 495 g/mol. The Morgan fingerprint density at radius 1 is 1.21 bits per heavy atom. The molecule has 0 spiro atoms. The van der Waals surface area contributed by atoms with E-state index in [0.29, 0.717) is 29.5 Å². The van der Waals surface area contributed by atoms with E-state index >= 15 is 0 Å². The molecule has 0 fully saturated rings. The number of imidazole rings is 1. The van der Waals surface area contributed by atoms with Crippen LogP contribution >= 0.6 is 23.4 Å². The van der Waals surface area contributed by atoms with Crippen molar-refractivity contribution in [2.75, 3.05) is 12.4 Å². The number of aromatic nitrogens is 2. The van der Waals surface area contributed by atoms with Crippen LogP contribution in [0.15, 0.2) is 77.0 Å². The van der Waals surface area contributed by atoms with E-state index < -0.39 is 0 Å². The third-order valence-corrected chi connectivity index (χ3v) is 6.27. The third kappa shape index (κ3) is 5.70. The summed E-state index contributed by atoms with van der Waals surface area (Å²) in [5.41, 5.74) is 6.02. The summed E-state index contributed by atoms with van der Waals surface area (Å²) in [7, 11) is 0. The summed E-state index contributed by atoms with van der Waals surface area (Å²) in [5.74, 6) is 0.300. The first-order valence-electron chi connectivity index (χ1n) is 10.6. The first kappa shape index (κ1) is 23.7. The number of amides is 1. The number of rotatable bonds is 9. The third-order valence-electron chi connectivity index (χ3n) is 4.92. The summed E-state index contributed by atoms with van der Waals surface area (Å²) < 4.78 is 7.42. The van der Waals surface area contributed by atoms with Gasteiger partial charge in [-0.25, -0.2) is 10.4 Å². The molecule has 4 rings (SSSR count). The molecule has 9 heteroatoms. The highest BCUT2D eigenvalue weighted by atomic mass is 35.5. The Morgan fingerprint density at radius 2 is 2.00 bits per heavy atom. The Bertz CT molecular complexity index is 1340. The molecule has 0 aliphatic rings. The van der Waals surface area contributed by atoms with Gasteiger partial charge >= 0.3 is 0 Å². The fraction of sp³-hybridized carbons (Fsp3) is 0.160. The highest BCUT2D eigenvalue weighted by Crippen LogP contribution is 2.27. The van der Waals surface area contributed by atoms with Gasteiger partial charge in [-0.1, -0.05) is 53.7 Å². The SMILES string of the molecule is CCOc1cc(C=NNC(=O)CSc2nc3ccccc3n2Cc2ccccc2Cl)ccc1O. The average Bonchev–Trinajstić information content (AvgIpc) is 3.19. The van der Waals surface area contributed by atoms with E-state index in [4.69, 9.17) is 21.3 Å². The van der Waals surface area contributed by atoms with E-state index in [1.165, 1.54) is 24.0 Å². The van der Waals surface area contributed by atoms with Gasteiger partial charge in [0.1, 0.15) is 0 Å². The van der Waals surface area contributed by atoms with Crippen molar-refractivity contribution < 1.29 is 14.6 Å². The van der Waals surface area contributed by atoms with Gasteiger partial charge in [0.05, 0.1) is 36.2 Å². The zero-order valence-electron chi connectivity index (χ0n) is 18.4. The Hall–Kier alpha value is -3.49. The molecule has 1 aromatic heterocycles. The molecule has 0 radical (unpaired) electrons. The summed E-state index contributed by atoms with van der Waals surface area (Å²) in [6.45, 7) is 2.81. The van der Waals surface area contributed by atoms with Gasteiger partial charge in [-0.05, 0) is 54.4 Å². The minimum Gasteiger partial charge on any atom is -0.504 e. The number of phenolic OH excluding ortho intramolecular Hbond substituents is 1. The second-order valence-electron chi connectivity index (χ2n) is 7.30. The normalized spacial score (nSPS) is 11.2. The van der Waals surface area contributed by atoms with Gasteiger partial charge < -0.3 is 14.4 Å². The maximum Gasteiger partial charge on any atom is 0.250 e. The molecule has 1 heterocycles. The maximum atomic E-state index is 12.4. The Morgan fingerprint density at radius 3 is 2.82 bits per heavy atom. The number of nitrogens with zero attached hydrogens (tertiary/aromatic N) is 3. The van der Waals surface area contributed by atoms with E-state index in [1.54, 1.807) is 12.1 Å². The highest BCUT2D eigenvalue weighted by molar-refractivity contribution is 7.99. The number of carbonyl (C=O) groups excluding carboxylic acids is 1. The van der Waals surface area contributed by atoms with Crippen LogP contribution in [-0.2, 0) is 11.3 Å². The molecule has 2 N–H and O–H groups in total. The summed E-state index contributed by atoms with van der Waals surface area (Å²) in [5, 5.41) is 15.2. The molecule has 174 valence electrons. The van der Waals surface area contributed by atoms with Crippen molar-refractivity contribution in [2.24, 2.45) is 5.10 Å². The maximum absolute atomic E-state index is 12.4. The number of benzene rings is 3. The van der Waals surface area contributed by atoms with Crippen molar-refractivity contribution in [3.05, 3.63) is 82.9 Å².